The van der Waals surface area contributed by atoms with Gasteiger partial charge in [0.25, 0.3) is 0 Å². The number of rotatable bonds is 4. The van der Waals surface area contributed by atoms with E-state index in [0.717, 1.165) is 41.2 Å². The van der Waals surface area contributed by atoms with Crippen LogP contribution < -0.4 is 10.6 Å². The normalized spacial score (nSPS) is 17.8. The van der Waals surface area contributed by atoms with Crippen LogP contribution >= 0.6 is 0 Å². The molecule has 0 radical (unpaired) electrons. The number of nitrogens with one attached hydrogen (secondary N) is 2. The molecule has 146 valence electrons. The molecule has 4 rings (SSSR count). The van der Waals surface area contributed by atoms with Crippen molar-refractivity contribution >= 4 is 6.03 Å². The monoisotopic (exact) mass is 378 g/mol. The SMILES string of the molecule is Cc1cc2c(o1)CC(C)(C)C[C@@H]2NC(=O)NCc1ccc(-n2cccn2)cc1. The van der Waals surface area contributed by atoms with E-state index in [4.69, 9.17) is 4.42 Å². The van der Waals surface area contributed by atoms with E-state index in [1.54, 1.807) is 10.9 Å². The summed E-state index contributed by atoms with van der Waals surface area (Å²) in [5.74, 6) is 1.89. The van der Waals surface area contributed by atoms with Gasteiger partial charge in [-0.2, -0.15) is 5.10 Å². The van der Waals surface area contributed by atoms with Gasteiger partial charge in [-0.1, -0.05) is 26.0 Å². The van der Waals surface area contributed by atoms with Gasteiger partial charge >= 0.3 is 6.03 Å². The van der Waals surface area contributed by atoms with Crippen LogP contribution in [0.2, 0.25) is 0 Å². The van der Waals surface area contributed by atoms with Crippen LogP contribution in [0, 0.1) is 12.3 Å². The maximum absolute atomic E-state index is 12.5. The molecule has 1 aliphatic rings. The van der Waals surface area contributed by atoms with Crippen molar-refractivity contribution < 1.29 is 9.21 Å². The second-order valence-electron chi connectivity index (χ2n) is 8.28. The van der Waals surface area contributed by atoms with Crippen molar-refractivity contribution in [3.05, 3.63) is 71.4 Å². The predicted molar refractivity (Wildman–Crippen MR) is 107 cm³/mol. The van der Waals surface area contributed by atoms with Gasteiger partial charge in [0.1, 0.15) is 11.5 Å². The number of benzene rings is 1. The molecule has 0 saturated carbocycles. The van der Waals surface area contributed by atoms with Gasteiger partial charge in [-0.3, -0.25) is 0 Å². The zero-order chi connectivity index (χ0) is 19.7. The Morgan fingerprint density at radius 3 is 2.82 bits per heavy atom. The van der Waals surface area contributed by atoms with Crippen molar-refractivity contribution in [1.82, 2.24) is 20.4 Å². The van der Waals surface area contributed by atoms with E-state index < -0.39 is 0 Å². The molecule has 0 bridgehead atoms. The minimum atomic E-state index is -0.163. The van der Waals surface area contributed by atoms with Crippen LogP contribution in [0.25, 0.3) is 5.69 Å². The number of nitrogens with zero attached hydrogens (tertiary/aromatic N) is 2. The summed E-state index contributed by atoms with van der Waals surface area (Å²) in [6.45, 7) is 6.84. The molecule has 2 aromatic heterocycles. The van der Waals surface area contributed by atoms with Gasteiger partial charge in [0, 0.05) is 30.9 Å². The summed E-state index contributed by atoms with van der Waals surface area (Å²) in [6.07, 6.45) is 5.45. The van der Waals surface area contributed by atoms with Gasteiger partial charge in [-0.05, 0) is 48.6 Å². The van der Waals surface area contributed by atoms with Crippen LogP contribution in [-0.2, 0) is 13.0 Å². The Kier molecular flexibility index (Phi) is 4.71. The largest absolute Gasteiger partial charge is 0.466 e. The quantitative estimate of drug-likeness (QED) is 0.711. The van der Waals surface area contributed by atoms with E-state index in [0.29, 0.717) is 6.54 Å². The number of aryl methyl sites for hydroxylation is 1. The van der Waals surface area contributed by atoms with Crippen molar-refractivity contribution in [3.63, 3.8) is 0 Å². The van der Waals surface area contributed by atoms with Crippen molar-refractivity contribution in [2.24, 2.45) is 5.41 Å². The molecule has 2 heterocycles. The number of carbonyl (C=O) groups excluding carboxylic acids is 1. The lowest BCUT2D eigenvalue weighted by Gasteiger charge is -2.34. The Hall–Kier alpha value is -3.02. The summed E-state index contributed by atoms with van der Waals surface area (Å²) in [7, 11) is 0. The first-order valence-electron chi connectivity index (χ1n) is 9.62. The number of aromatic nitrogens is 2. The highest BCUT2D eigenvalue weighted by Gasteiger charge is 2.35. The molecule has 0 unspecified atom stereocenters. The van der Waals surface area contributed by atoms with Crippen LogP contribution in [0.1, 0.15) is 49.0 Å². The molecular formula is C22H26N4O2. The third-order valence-electron chi connectivity index (χ3n) is 5.20. The maximum atomic E-state index is 12.5. The van der Waals surface area contributed by atoms with Crippen molar-refractivity contribution in [2.45, 2.75) is 46.2 Å². The fourth-order valence-corrected chi connectivity index (χ4v) is 3.89. The van der Waals surface area contributed by atoms with E-state index in [9.17, 15) is 4.79 Å². The van der Waals surface area contributed by atoms with E-state index in [1.807, 2.05) is 49.5 Å². The van der Waals surface area contributed by atoms with E-state index in [2.05, 4.69) is 29.6 Å². The summed E-state index contributed by atoms with van der Waals surface area (Å²) in [4.78, 5) is 12.5. The number of fused-ring (bicyclic) bond motifs is 1. The van der Waals surface area contributed by atoms with Gasteiger partial charge < -0.3 is 15.1 Å². The van der Waals surface area contributed by atoms with Crippen LogP contribution in [-0.4, -0.2) is 15.8 Å². The van der Waals surface area contributed by atoms with Gasteiger partial charge in [-0.15, -0.1) is 0 Å². The summed E-state index contributed by atoms with van der Waals surface area (Å²) >= 11 is 0. The van der Waals surface area contributed by atoms with E-state index in [1.165, 1.54) is 0 Å². The summed E-state index contributed by atoms with van der Waals surface area (Å²) in [5, 5.41) is 10.3. The van der Waals surface area contributed by atoms with Gasteiger partial charge in [0.05, 0.1) is 11.7 Å². The second kappa shape index (κ2) is 7.19. The highest BCUT2D eigenvalue weighted by atomic mass is 16.3. The highest BCUT2D eigenvalue weighted by Crippen LogP contribution is 2.41. The van der Waals surface area contributed by atoms with Crippen LogP contribution in [0.5, 0.6) is 0 Å². The zero-order valence-corrected chi connectivity index (χ0v) is 16.5. The molecule has 2 N–H and O–H groups in total. The fourth-order valence-electron chi connectivity index (χ4n) is 3.89. The molecule has 1 aliphatic carbocycles. The highest BCUT2D eigenvalue weighted by molar-refractivity contribution is 5.74. The zero-order valence-electron chi connectivity index (χ0n) is 16.5. The van der Waals surface area contributed by atoms with Crippen molar-refractivity contribution in [1.29, 1.82) is 0 Å². The molecule has 3 aromatic rings. The first-order valence-corrected chi connectivity index (χ1v) is 9.62. The minimum Gasteiger partial charge on any atom is -0.466 e. The Labute approximate surface area is 164 Å². The number of hydrogen-bond donors (Lipinski definition) is 2. The Balaban J connectivity index is 1.37. The van der Waals surface area contributed by atoms with Crippen LogP contribution in [0.15, 0.2) is 53.2 Å². The second-order valence-corrected chi connectivity index (χ2v) is 8.28. The smallest absolute Gasteiger partial charge is 0.315 e. The molecule has 6 heteroatoms. The average Bonchev–Trinajstić information content (AvgIpc) is 3.29. The summed E-state index contributed by atoms with van der Waals surface area (Å²) in [6, 6.07) is 11.7. The lowest BCUT2D eigenvalue weighted by molar-refractivity contribution is 0.214. The Bertz CT molecular complexity index is 955. The third-order valence-corrected chi connectivity index (χ3v) is 5.20. The van der Waals surface area contributed by atoms with Gasteiger partial charge in [0.2, 0.25) is 0 Å². The molecule has 0 spiro atoms. The molecule has 0 fully saturated rings. The van der Waals surface area contributed by atoms with E-state index in [-0.39, 0.29) is 17.5 Å². The number of amides is 2. The van der Waals surface area contributed by atoms with Crippen LogP contribution in [0.3, 0.4) is 0 Å². The lowest BCUT2D eigenvalue weighted by Crippen LogP contribution is -2.41. The summed E-state index contributed by atoms with van der Waals surface area (Å²) in [5.41, 5.74) is 3.23. The first kappa shape index (κ1) is 18.3. The minimum absolute atomic E-state index is 0.0293. The Morgan fingerprint density at radius 1 is 1.32 bits per heavy atom. The molecule has 28 heavy (non-hydrogen) atoms. The number of carbonyl (C=O) groups is 1. The van der Waals surface area contributed by atoms with Crippen LogP contribution in [0.4, 0.5) is 4.79 Å². The fraction of sp³-hybridized carbons (Fsp3) is 0.364. The molecular weight excluding hydrogens is 352 g/mol. The molecule has 6 nitrogen and oxygen atoms in total. The maximum Gasteiger partial charge on any atom is 0.315 e. The summed E-state index contributed by atoms with van der Waals surface area (Å²) < 4.78 is 7.65. The predicted octanol–water partition coefficient (Wildman–Crippen LogP) is 4.29. The molecule has 1 aromatic carbocycles. The van der Waals surface area contributed by atoms with Gasteiger partial charge in [0.15, 0.2) is 0 Å². The molecule has 0 aliphatic heterocycles. The lowest BCUT2D eigenvalue weighted by atomic mass is 9.75. The van der Waals surface area contributed by atoms with E-state index >= 15 is 0 Å². The number of urea groups is 1. The first-order chi connectivity index (χ1) is 13.4. The number of hydrogen-bond acceptors (Lipinski definition) is 3. The molecule has 0 saturated heterocycles. The van der Waals surface area contributed by atoms with Crippen molar-refractivity contribution in [2.75, 3.05) is 0 Å². The molecule has 1 atom stereocenters. The number of furan rings is 1. The molecule has 2 amide bonds. The van der Waals surface area contributed by atoms with Crippen molar-refractivity contribution in [3.8, 4) is 5.69 Å². The Morgan fingerprint density at radius 2 is 2.11 bits per heavy atom. The average molecular weight is 378 g/mol. The standard InChI is InChI=1S/C22H26N4O2/c1-15-11-18-19(12-22(2,3)13-20(18)28-15)25-21(27)23-14-16-5-7-17(8-6-16)26-10-4-9-24-26/h4-11,19H,12-14H2,1-3H3,(H2,23,25,27)/t19-/m0/s1. The topological polar surface area (TPSA) is 72.1 Å². The van der Waals surface area contributed by atoms with Gasteiger partial charge in [-0.25, -0.2) is 9.48 Å². The third kappa shape index (κ3) is 3.96.